The molecule has 0 saturated carbocycles. The number of esters is 1. The van der Waals surface area contributed by atoms with Crippen LogP contribution in [0.1, 0.15) is 6.92 Å². The monoisotopic (exact) mass is 434 g/mol. The fourth-order valence-corrected chi connectivity index (χ4v) is 4.18. The van der Waals surface area contributed by atoms with Crippen molar-refractivity contribution < 1.29 is 28.0 Å². The number of benzene rings is 1. The van der Waals surface area contributed by atoms with Gasteiger partial charge < -0.3 is 15.2 Å². The molecular weight excluding hydrogens is 416 g/mol. The van der Waals surface area contributed by atoms with Crippen LogP contribution in [0.3, 0.4) is 0 Å². The van der Waals surface area contributed by atoms with Crippen molar-refractivity contribution in [3.05, 3.63) is 58.9 Å². The summed E-state index contributed by atoms with van der Waals surface area (Å²) < 4.78 is 31.8. The zero-order chi connectivity index (χ0) is 22.1. The van der Waals surface area contributed by atoms with Crippen molar-refractivity contribution in [3.63, 3.8) is 0 Å². The molecule has 12 heteroatoms. The lowest BCUT2D eigenvalue weighted by atomic mass is 10.0. The molecular formula is C18H18N4O7S. The Bertz CT molecular complexity index is 1220. The molecule has 0 aliphatic heterocycles. The van der Waals surface area contributed by atoms with Crippen LogP contribution < -0.4 is 5.32 Å². The van der Waals surface area contributed by atoms with Crippen LogP contribution in [0.25, 0.3) is 11.0 Å². The highest BCUT2D eigenvalue weighted by Gasteiger charge is 2.35. The first-order chi connectivity index (χ1) is 14.1. The predicted octanol–water partition coefficient (Wildman–Crippen LogP) is 1.52. The van der Waals surface area contributed by atoms with Gasteiger partial charge in [0.25, 0.3) is 15.7 Å². The molecule has 0 radical (unpaired) electrons. The summed E-state index contributed by atoms with van der Waals surface area (Å²) in [6.07, 6.45) is 2.09. The standard InChI is InChI=1S/C18H18N4O7S/c1-18(11-23,17(24)29-2)20-15-10-21(30(27,28)13-6-4-3-5-7-13)16-14(15)8-12(9-19-16)22(25)26/h3-10,20,23H,11H2,1-2H3/t18-/m0/s1. The van der Waals surface area contributed by atoms with E-state index in [2.05, 4.69) is 15.0 Å². The highest BCUT2D eigenvalue weighted by atomic mass is 32.2. The van der Waals surface area contributed by atoms with Crippen molar-refractivity contribution in [1.29, 1.82) is 0 Å². The van der Waals surface area contributed by atoms with Gasteiger partial charge in [-0.3, -0.25) is 10.1 Å². The van der Waals surface area contributed by atoms with Crippen molar-refractivity contribution >= 4 is 38.4 Å². The second kappa shape index (κ2) is 7.72. The number of hydrogen-bond acceptors (Lipinski definition) is 9. The number of carbonyl (C=O) groups is 1. The first kappa shape index (κ1) is 21.2. The van der Waals surface area contributed by atoms with E-state index >= 15 is 0 Å². The summed E-state index contributed by atoms with van der Waals surface area (Å²) >= 11 is 0. The van der Waals surface area contributed by atoms with Crippen molar-refractivity contribution in [2.75, 3.05) is 19.0 Å². The molecule has 0 spiro atoms. The van der Waals surface area contributed by atoms with E-state index < -0.39 is 33.1 Å². The van der Waals surface area contributed by atoms with Gasteiger partial charge in [0.15, 0.2) is 11.2 Å². The Labute approximate surface area is 171 Å². The highest BCUT2D eigenvalue weighted by molar-refractivity contribution is 7.90. The third-order valence-corrected chi connectivity index (χ3v) is 6.14. The van der Waals surface area contributed by atoms with Crippen molar-refractivity contribution in [3.8, 4) is 0 Å². The zero-order valence-electron chi connectivity index (χ0n) is 16.0. The maximum absolute atomic E-state index is 13.1. The van der Waals surface area contributed by atoms with Crippen molar-refractivity contribution in [2.24, 2.45) is 0 Å². The molecule has 2 N–H and O–H groups in total. The average molecular weight is 434 g/mol. The Balaban J connectivity index is 2.26. The van der Waals surface area contributed by atoms with Crippen molar-refractivity contribution in [2.45, 2.75) is 17.4 Å². The third-order valence-electron chi connectivity index (χ3n) is 4.47. The molecule has 0 unspecified atom stereocenters. The fourth-order valence-electron chi connectivity index (χ4n) is 2.83. The lowest BCUT2D eigenvalue weighted by Gasteiger charge is -2.26. The summed E-state index contributed by atoms with van der Waals surface area (Å²) in [6, 6.07) is 8.69. The second-order valence-corrected chi connectivity index (χ2v) is 8.40. The Morgan fingerprint density at radius 3 is 2.60 bits per heavy atom. The number of pyridine rings is 1. The number of nitrogens with zero attached hydrogens (tertiary/aromatic N) is 3. The van der Waals surface area contributed by atoms with Crippen LogP contribution in [0.4, 0.5) is 11.4 Å². The number of nitro groups is 1. The minimum Gasteiger partial charge on any atom is -0.467 e. The Hall–Kier alpha value is -3.51. The van der Waals surface area contributed by atoms with Gasteiger partial charge in [-0.1, -0.05) is 18.2 Å². The van der Waals surface area contributed by atoms with E-state index in [4.69, 9.17) is 0 Å². The molecule has 3 aromatic rings. The molecule has 0 bridgehead atoms. The summed E-state index contributed by atoms with van der Waals surface area (Å²) in [6.45, 7) is 0.665. The molecule has 2 heterocycles. The van der Waals surface area contributed by atoms with Crippen LogP contribution in [0.15, 0.2) is 53.7 Å². The van der Waals surface area contributed by atoms with Gasteiger partial charge in [-0.05, 0) is 19.1 Å². The van der Waals surface area contributed by atoms with E-state index in [1.807, 2.05) is 0 Å². The van der Waals surface area contributed by atoms with Gasteiger partial charge in [0, 0.05) is 12.3 Å². The number of ether oxygens (including phenoxy) is 1. The minimum absolute atomic E-state index is 0.0218. The van der Waals surface area contributed by atoms with Gasteiger partial charge in [-0.15, -0.1) is 0 Å². The number of anilines is 1. The van der Waals surface area contributed by atoms with Gasteiger partial charge in [0.05, 0.1) is 34.6 Å². The third kappa shape index (κ3) is 3.57. The number of methoxy groups -OCH3 is 1. The summed E-state index contributed by atoms with van der Waals surface area (Å²) in [4.78, 5) is 26.6. The number of rotatable bonds is 7. The van der Waals surface area contributed by atoms with Crippen LogP contribution in [-0.4, -0.2) is 52.6 Å². The molecule has 0 fully saturated rings. The predicted molar refractivity (Wildman–Crippen MR) is 107 cm³/mol. The zero-order valence-corrected chi connectivity index (χ0v) is 16.8. The van der Waals surface area contributed by atoms with Gasteiger partial charge in [0.1, 0.15) is 6.20 Å². The normalized spacial score (nSPS) is 13.6. The van der Waals surface area contributed by atoms with Crippen LogP contribution in [0, 0.1) is 10.1 Å². The summed E-state index contributed by atoms with van der Waals surface area (Å²) in [5.74, 6) is -0.810. The largest absolute Gasteiger partial charge is 0.467 e. The van der Waals surface area contributed by atoms with E-state index in [0.717, 1.165) is 29.5 Å². The number of fused-ring (bicyclic) bond motifs is 1. The van der Waals surface area contributed by atoms with Gasteiger partial charge in [-0.25, -0.2) is 22.2 Å². The molecule has 158 valence electrons. The Morgan fingerprint density at radius 2 is 2.03 bits per heavy atom. The summed E-state index contributed by atoms with van der Waals surface area (Å²) in [5, 5.41) is 23.7. The lowest BCUT2D eigenvalue weighted by Crippen LogP contribution is -2.47. The van der Waals surface area contributed by atoms with E-state index in [-0.39, 0.29) is 27.3 Å². The number of aromatic nitrogens is 2. The van der Waals surface area contributed by atoms with Crippen LogP contribution in [0.5, 0.6) is 0 Å². The first-order valence-electron chi connectivity index (χ1n) is 8.57. The van der Waals surface area contributed by atoms with E-state index in [9.17, 15) is 28.4 Å². The van der Waals surface area contributed by atoms with Crippen LogP contribution in [0.2, 0.25) is 0 Å². The molecule has 1 atom stereocenters. The number of carbonyl (C=O) groups excluding carboxylic acids is 1. The molecule has 0 aliphatic carbocycles. The molecule has 0 aliphatic rings. The number of aliphatic hydroxyl groups excluding tert-OH is 1. The molecule has 0 saturated heterocycles. The molecule has 2 aromatic heterocycles. The van der Waals surface area contributed by atoms with Crippen LogP contribution >= 0.6 is 0 Å². The lowest BCUT2D eigenvalue weighted by molar-refractivity contribution is -0.385. The first-order valence-corrected chi connectivity index (χ1v) is 10.0. The number of aliphatic hydroxyl groups is 1. The molecule has 0 amide bonds. The molecule has 1 aromatic carbocycles. The highest BCUT2D eigenvalue weighted by Crippen LogP contribution is 2.32. The van der Waals surface area contributed by atoms with Gasteiger partial charge in [-0.2, -0.15) is 0 Å². The Kier molecular flexibility index (Phi) is 5.46. The second-order valence-electron chi connectivity index (χ2n) is 6.59. The Morgan fingerprint density at radius 1 is 1.37 bits per heavy atom. The van der Waals surface area contributed by atoms with Gasteiger partial charge >= 0.3 is 5.97 Å². The smallest absolute Gasteiger partial charge is 0.333 e. The SMILES string of the molecule is COC(=O)[C@](C)(CO)Nc1cn(S(=O)(=O)c2ccccc2)c2ncc([N+](=O)[O-])cc12. The number of hydrogen-bond donors (Lipinski definition) is 2. The number of nitrogens with one attached hydrogen (secondary N) is 1. The molecule has 3 rings (SSSR count). The quantitative estimate of drug-likeness (QED) is 0.320. The van der Waals surface area contributed by atoms with E-state index in [1.165, 1.54) is 19.1 Å². The maximum Gasteiger partial charge on any atom is 0.333 e. The van der Waals surface area contributed by atoms with Crippen LogP contribution in [-0.2, 0) is 19.6 Å². The van der Waals surface area contributed by atoms with Crippen molar-refractivity contribution in [1.82, 2.24) is 8.96 Å². The topological polar surface area (TPSA) is 154 Å². The van der Waals surface area contributed by atoms with E-state index in [0.29, 0.717) is 0 Å². The fraction of sp³-hybridized carbons (Fsp3) is 0.222. The maximum atomic E-state index is 13.1. The summed E-state index contributed by atoms with van der Waals surface area (Å²) in [5.41, 5.74) is -2.04. The van der Waals surface area contributed by atoms with Gasteiger partial charge in [0.2, 0.25) is 0 Å². The molecule has 11 nitrogen and oxygen atoms in total. The van der Waals surface area contributed by atoms with E-state index in [1.54, 1.807) is 18.2 Å². The average Bonchev–Trinajstić information content (AvgIpc) is 3.11. The molecule has 30 heavy (non-hydrogen) atoms. The summed E-state index contributed by atoms with van der Waals surface area (Å²) in [7, 11) is -2.97. The minimum atomic E-state index is -4.10.